The Balaban J connectivity index is 2.19. The Morgan fingerprint density at radius 1 is 1.39 bits per heavy atom. The second-order valence-electron chi connectivity index (χ2n) is 4.18. The lowest BCUT2D eigenvalue weighted by Crippen LogP contribution is -2.59. The third kappa shape index (κ3) is 2.42. The lowest BCUT2D eigenvalue weighted by molar-refractivity contribution is -0.148. The molecule has 0 spiro atoms. The molecule has 1 saturated carbocycles. The first-order chi connectivity index (χ1) is 8.44. The zero-order chi connectivity index (χ0) is 13.3. The molecule has 2 N–H and O–H groups in total. The van der Waals surface area contributed by atoms with Gasteiger partial charge in [0.25, 0.3) is 5.91 Å². The number of pyridine rings is 1. The monoisotopic (exact) mass is 376 g/mol. The number of nitrogens with one attached hydrogen (secondary N) is 1. The zero-order valence-electron chi connectivity index (χ0n) is 9.24. The lowest BCUT2D eigenvalue weighted by Gasteiger charge is -2.38. The number of nitrogens with zero attached hydrogens (tertiary/aromatic N) is 1. The smallest absolute Gasteiger partial charge is 0.329 e. The fourth-order valence-corrected chi connectivity index (χ4v) is 2.95. The average Bonchev–Trinajstić information content (AvgIpc) is 2.22. The van der Waals surface area contributed by atoms with Crippen LogP contribution in [0.1, 0.15) is 29.8 Å². The van der Waals surface area contributed by atoms with Gasteiger partial charge < -0.3 is 10.4 Å². The van der Waals surface area contributed by atoms with E-state index in [1.165, 1.54) is 6.20 Å². The van der Waals surface area contributed by atoms with Crippen LogP contribution in [0.3, 0.4) is 0 Å². The number of carbonyl (C=O) groups is 2. The Hall–Kier alpha value is -0.950. The normalized spacial score (nSPS) is 16.8. The van der Waals surface area contributed by atoms with Crippen LogP contribution in [0.2, 0.25) is 0 Å². The van der Waals surface area contributed by atoms with E-state index in [1.54, 1.807) is 6.07 Å². The van der Waals surface area contributed by atoms with Gasteiger partial charge in [-0.2, -0.15) is 0 Å². The number of aliphatic carboxylic acids is 1. The summed E-state index contributed by atoms with van der Waals surface area (Å²) in [7, 11) is 0. The Bertz CT molecular complexity index is 515. The van der Waals surface area contributed by atoms with Crippen LogP contribution in [0.4, 0.5) is 0 Å². The molecule has 0 atom stereocenters. The van der Waals surface area contributed by atoms with E-state index >= 15 is 0 Å². The number of hydrogen-bond acceptors (Lipinski definition) is 3. The predicted molar refractivity (Wildman–Crippen MR) is 71.3 cm³/mol. The number of carboxylic acid groups (broad SMARTS) is 1. The van der Waals surface area contributed by atoms with Crippen LogP contribution in [-0.4, -0.2) is 27.5 Å². The number of aromatic nitrogens is 1. The highest BCUT2D eigenvalue weighted by molar-refractivity contribution is 9.11. The van der Waals surface area contributed by atoms with E-state index in [1.807, 2.05) is 0 Å². The molecule has 1 aromatic rings. The molecule has 1 aliphatic rings. The molecular formula is C11H10Br2N2O3. The summed E-state index contributed by atoms with van der Waals surface area (Å²) in [5.41, 5.74) is -0.934. The number of rotatable bonds is 3. The molecule has 0 unspecified atom stereocenters. The van der Waals surface area contributed by atoms with E-state index in [2.05, 4.69) is 42.2 Å². The molecule has 0 saturated heterocycles. The van der Waals surface area contributed by atoms with Gasteiger partial charge in [0.1, 0.15) is 11.2 Å². The molecule has 0 aromatic carbocycles. The van der Waals surface area contributed by atoms with Crippen molar-refractivity contribution in [1.82, 2.24) is 10.3 Å². The molecule has 18 heavy (non-hydrogen) atoms. The van der Waals surface area contributed by atoms with Gasteiger partial charge in [-0.15, -0.1) is 0 Å². The molecule has 0 bridgehead atoms. The Kier molecular flexibility index (Phi) is 3.72. The standard InChI is InChI=1S/C11H10Br2N2O3/c12-6-4-7(13)8(14-5-6)9(16)15-11(10(17)18)2-1-3-11/h4-5H,1-3H2,(H,15,16)(H,17,18). The van der Waals surface area contributed by atoms with Gasteiger partial charge in [0.2, 0.25) is 0 Å². The molecule has 2 rings (SSSR count). The predicted octanol–water partition coefficient (Wildman–Crippen LogP) is 2.34. The first-order valence-electron chi connectivity index (χ1n) is 5.31. The third-order valence-corrected chi connectivity index (χ3v) is 4.03. The highest BCUT2D eigenvalue weighted by Gasteiger charge is 2.46. The summed E-state index contributed by atoms with van der Waals surface area (Å²) in [6, 6.07) is 1.69. The second-order valence-corrected chi connectivity index (χ2v) is 5.95. The fourth-order valence-electron chi connectivity index (χ4n) is 1.78. The Morgan fingerprint density at radius 3 is 2.50 bits per heavy atom. The maximum Gasteiger partial charge on any atom is 0.329 e. The van der Waals surface area contributed by atoms with Crippen molar-refractivity contribution in [2.75, 3.05) is 0 Å². The van der Waals surface area contributed by atoms with Gasteiger partial charge in [-0.3, -0.25) is 4.79 Å². The highest BCUT2D eigenvalue weighted by atomic mass is 79.9. The molecule has 1 fully saturated rings. The average molecular weight is 378 g/mol. The van der Waals surface area contributed by atoms with E-state index in [9.17, 15) is 9.59 Å². The van der Waals surface area contributed by atoms with E-state index in [0.717, 1.165) is 10.9 Å². The fraction of sp³-hybridized carbons (Fsp3) is 0.364. The number of hydrogen-bond donors (Lipinski definition) is 2. The zero-order valence-corrected chi connectivity index (χ0v) is 12.4. The minimum absolute atomic E-state index is 0.186. The van der Waals surface area contributed by atoms with Gasteiger partial charge in [-0.25, -0.2) is 9.78 Å². The number of amides is 1. The van der Waals surface area contributed by atoms with Crippen LogP contribution >= 0.6 is 31.9 Å². The van der Waals surface area contributed by atoms with Crippen molar-refractivity contribution in [3.8, 4) is 0 Å². The van der Waals surface area contributed by atoms with E-state index < -0.39 is 17.4 Å². The molecule has 1 aliphatic carbocycles. The van der Waals surface area contributed by atoms with E-state index in [0.29, 0.717) is 17.3 Å². The van der Waals surface area contributed by atoms with Crippen molar-refractivity contribution < 1.29 is 14.7 Å². The van der Waals surface area contributed by atoms with Crippen LogP contribution < -0.4 is 5.32 Å². The first-order valence-corrected chi connectivity index (χ1v) is 6.90. The van der Waals surface area contributed by atoms with Gasteiger partial charge >= 0.3 is 5.97 Å². The lowest BCUT2D eigenvalue weighted by atomic mass is 9.76. The van der Waals surface area contributed by atoms with Crippen LogP contribution in [0.5, 0.6) is 0 Å². The summed E-state index contributed by atoms with van der Waals surface area (Å²) in [4.78, 5) is 27.1. The van der Waals surface area contributed by atoms with Crippen LogP contribution in [0, 0.1) is 0 Å². The molecule has 96 valence electrons. The van der Waals surface area contributed by atoms with Crippen molar-refractivity contribution >= 4 is 43.7 Å². The van der Waals surface area contributed by atoms with Gasteiger partial charge in [-0.05, 0) is 57.2 Å². The minimum Gasteiger partial charge on any atom is -0.480 e. The van der Waals surface area contributed by atoms with Crippen molar-refractivity contribution in [2.24, 2.45) is 0 Å². The van der Waals surface area contributed by atoms with Crippen molar-refractivity contribution in [2.45, 2.75) is 24.8 Å². The van der Waals surface area contributed by atoms with Crippen molar-refractivity contribution in [1.29, 1.82) is 0 Å². The highest BCUT2D eigenvalue weighted by Crippen LogP contribution is 2.32. The van der Waals surface area contributed by atoms with E-state index in [4.69, 9.17) is 5.11 Å². The summed E-state index contributed by atoms with van der Waals surface area (Å²) in [5, 5.41) is 11.7. The topological polar surface area (TPSA) is 79.3 Å². The van der Waals surface area contributed by atoms with Gasteiger partial charge in [0.15, 0.2) is 0 Å². The summed E-state index contributed by atoms with van der Waals surface area (Å²) in [5.74, 6) is -1.47. The third-order valence-electron chi connectivity index (χ3n) is 2.99. The molecular weight excluding hydrogens is 368 g/mol. The second kappa shape index (κ2) is 4.97. The summed E-state index contributed by atoms with van der Waals surface area (Å²) in [6.45, 7) is 0. The van der Waals surface area contributed by atoms with Crippen LogP contribution in [0.25, 0.3) is 0 Å². The summed E-state index contributed by atoms with van der Waals surface area (Å²) in [6.07, 6.45) is 3.22. The maximum absolute atomic E-state index is 12.0. The molecule has 1 aromatic heterocycles. The first kappa shape index (κ1) is 13.5. The number of halogens is 2. The molecule has 0 aliphatic heterocycles. The number of carbonyl (C=O) groups excluding carboxylic acids is 1. The SMILES string of the molecule is O=C(NC1(C(=O)O)CCC1)c1ncc(Br)cc1Br. The summed E-state index contributed by atoms with van der Waals surface area (Å²) >= 11 is 6.47. The quantitative estimate of drug-likeness (QED) is 0.847. The van der Waals surface area contributed by atoms with Crippen LogP contribution in [0.15, 0.2) is 21.2 Å². The van der Waals surface area contributed by atoms with E-state index in [-0.39, 0.29) is 5.69 Å². The largest absolute Gasteiger partial charge is 0.480 e. The molecule has 1 heterocycles. The Morgan fingerprint density at radius 2 is 2.06 bits per heavy atom. The van der Waals surface area contributed by atoms with Crippen molar-refractivity contribution in [3.05, 3.63) is 26.9 Å². The molecule has 7 heteroatoms. The molecule has 0 radical (unpaired) electrons. The van der Waals surface area contributed by atoms with Gasteiger partial charge in [-0.1, -0.05) is 0 Å². The Labute approximate surface area is 120 Å². The summed E-state index contributed by atoms with van der Waals surface area (Å²) < 4.78 is 1.26. The molecule has 5 nitrogen and oxygen atoms in total. The van der Waals surface area contributed by atoms with Gasteiger partial charge in [0.05, 0.1) is 4.47 Å². The number of carboxylic acids is 1. The van der Waals surface area contributed by atoms with Gasteiger partial charge in [0, 0.05) is 10.7 Å². The minimum atomic E-state index is -1.12. The maximum atomic E-state index is 12.0. The van der Waals surface area contributed by atoms with Crippen LogP contribution in [-0.2, 0) is 4.79 Å². The van der Waals surface area contributed by atoms with Crippen molar-refractivity contribution in [3.63, 3.8) is 0 Å². The molecule has 1 amide bonds.